The number of alkyl halides is 3. The Hall–Kier alpha value is -1.72. The maximum absolute atomic E-state index is 12.2. The molecule has 1 N–H and O–H groups in total. The zero-order chi connectivity index (χ0) is 16.6. The summed E-state index contributed by atoms with van der Waals surface area (Å²) in [5.74, 6) is 0.492. The Morgan fingerprint density at radius 2 is 1.73 bits per heavy atom. The number of halogens is 3. The van der Waals surface area contributed by atoms with E-state index in [0.717, 1.165) is 12.0 Å². The molecule has 124 valence electrons. The Morgan fingerprint density at radius 3 is 2.23 bits per heavy atom. The molecule has 0 aliphatic heterocycles. The van der Waals surface area contributed by atoms with E-state index in [1.807, 2.05) is 31.0 Å². The van der Waals surface area contributed by atoms with Crippen molar-refractivity contribution in [2.24, 2.45) is 4.99 Å². The summed E-state index contributed by atoms with van der Waals surface area (Å²) < 4.78 is 36.6. The minimum absolute atomic E-state index is 0.259. The zero-order valence-corrected chi connectivity index (χ0v) is 13.4. The Kier molecular flexibility index (Phi) is 7.21. The molecule has 0 amide bonds. The van der Waals surface area contributed by atoms with Crippen LogP contribution in [0.2, 0.25) is 0 Å². The van der Waals surface area contributed by atoms with Gasteiger partial charge in [0.1, 0.15) is 0 Å². The first-order valence-corrected chi connectivity index (χ1v) is 7.49. The van der Waals surface area contributed by atoms with Crippen LogP contribution in [-0.2, 0) is 13.0 Å². The summed E-state index contributed by atoms with van der Waals surface area (Å²) in [5, 5.41) is 3.02. The maximum Gasteiger partial charge on any atom is 0.390 e. The molecular weight excluding hydrogens is 291 g/mol. The molecule has 0 spiro atoms. The SMILES string of the molecule is CCNC(=NCCC(F)(F)F)N(C)Cc1ccc(CC)cc1. The van der Waals surface area contributed by atoms with E-state index in [9.17, 15) is 13.2 Å². The average Bonchev–Trinajstić information content (AvgIpc) is 2.46. The second-order valence-corrected chi connectivity index (χ2v) is 5.13. The van der Waals surface area contributed by atoms with Crippen molar-refractivity contribution in [2.45, 2.75) is 39.4 Å². The zero-order valence-electron chi connectivity index (χ0n) is 13.4. The quantitative estimate of drug-likeness (QED) is 0.641. The molecule has 1 aromatic rings. The lowest BCUT2D eigenvalue weighted by atomic mass is 10.1. The number of aliphatic imine (C=N–C) groups is 1. The molecule has 6 heteroatoms. The Bertz CT molecular complexity index is 467. The lowest BCUT2D eigenvalue weighted by molar-refractivity contribution is -0.132. The van der Waals surface area contributed by atoms with Crippen molar-refractivity contribution in [3.05, 3.63) is 35.4 Å². The van der Waals surface area contributed by atoms with Gasteiger partial charge in [0, 0.05) is 20.1 Å². The second-order valence-electron chi connectivity index (χ2n) is 5.13. The van der Waals surface area contributed by atoms with Crippen LogP contribution >= 0.6 is 0 Å². The normalized spacial score (nSPS) is 12.4. The highest BCUT2D eigenvalue weighted by Gasteiger charge is 2.26. The van der Waals surface area contributed by atoms with Crippen LogP contribution in [0.5, 0.6) is 0 Å². The largest absolute Gasteiger partial charge is 0.390 e. The molecule has 0 heterocycles. The molecule has 0 fully saturated rings. The molecule has 0 aliphatic carbocycles. The molecule has 0 bridgehead atoms. The summed E-state index contributed by atoms with van der Waals surface area (Å²) in [6.45, 7) is 4.94. The standard InChI is InChI=1S/C16H24F3N3/c1-4-13-6-8-14(9-7-13)12-22(3)15(20-5-2)21-11-10-16(17,18)19/h6-9H,4-5,10-12H2,1-3H3,(H,20,21). The lowest BCUT2D eigenvalue weighted by Gasteiger charge is -2.22. The van der Waals surface area contributed by atoms with E-state index in [-0.39, 0.29) is 6.54 Å². The van der Waals surface area contributed by atoms with Crippen molar-refractivity contribution < 1.29 is 13.2 Å². The van der Waals surface area contributed by atoms with Crippen LogP contribution in [0.4, 0.5) is 13.2 Å². The third-order valence-electron chi connectivity index (χ3n) is 3.20. The molecule has 0 aliphatic rings. The Morgan fingerprint density at radius 1 is 1.14 bits per heavy atom. The van der Waals surface area contributed by atoms with Crippen LogP contribution in [0.1, 0.15) is 31.4 Å². The average molecular weight is 315 g/mol. The van der Waals surface area contributed by atoms with E-state index in [1.165, 1.54) is 5.56 Å². The predicted molar refractivity (Wildman–Crippen MR) is 83.9 cm³/mol. The fourth-order valence-electron chi connectivity index (χ4n) is 1.99. The molecule has 1 rings (SSSR count). The summed E-state index contributed by atoms with van der Waals surface area (Å²) in [6, 6.07) is 8.21. The highest BCUT2D eigenvalue weighted by atomic mass is 19.4. The number of rotatable bonds is 6. The molecule has 22 heavy (non-hydrogen) atoms. The van der Waals surface area contributed by atoms with Crippen molar-refractivity contribution in [3.63, 3.8) is 0 Å². The van der Waals surface area contributed by atoms with Gasteiger partial charge in [0.05, 0.1) is 13.0 Å². The van der Waals surface area contributed by atoms with Crippen molar-refractivity contribution in [1.82, 2.24) is 10.2 Å². The number of nitrogens with zero attached hydrogens (tertiary/aromatic N) is 2. The van der Waals surface area contributed by atoms with Crippen molar-refractivity contribution in [1.29, 1.82) is 0 Å². The first kappa shape index (κ1) is 18.3. The Labute approximate surface area is 130 Å². The lowest BCUT2D eigenvalue weighted by Crippen LogP contribution is -2.38. The fraction of sp³-hybridized carbons (Fsp3) is 0.562. The van der Waals surface area contributed by atoms with Gasteiger partial charge >= 0.3 is 6.18 Å². The third-order valence-corrected chi connectivity index (χ3v) is 3.20. The first-order chi connectivity index (χ1) is 10.4. The summed E-state index contributed by atoms with van der Waals surface area (Å²) in [4.78, 5) is 5.87. The summed E-state index contributed by atoms with van der Waals surface area (Å²) >= 11 is 0. The summed E-state index contributed by atoms with van der Waals surface area (Å²) in [7, 11) is 1.82. The predicted octanol–water partition coefficient (Wildman–Crippen LogP) is 3.60. The van der Waals surface area contributed by atoms with Gasteiger partial charge in [0.25, 0.3) is 0 Å². The van der Waals surface area contributed by atoms with Gasteiger partial charge < -0.3 is 10.2 Å². The summed E-state index contributed by atoms with van der Waals surface area (Å²) in [6.07, 6.45) is -4.09. The number of hydrogen-bond donors (Lipinski definition) is 1. The van der Waals surface area contributed by atoms with Crippen LogP contribution in [0, 0.1) is 0 Å². The Balaban J connectivity index is 2.66. The fourth-order valence-corrected chi connectivity index (χ4v) is 1.99. The van der Waals surface area contributed by atoms with Gasteiger partial charge in [-0.15, -0.1) is 0 Å². The smallest absolute Gasteiger partial charge is 0.357 e. The molecular formula is C16H24F3N3. The van der Waals surface area contributed by atoms with Gasteiger partial charge in [-0.05, 0) is 24.5 Å². The molecule has 0 saturated heterocycles. The maximum atomic E-state index is 12.2. The number of benzene rings is 1. The van der Waals surface area contributed by atoms with Crippen LogP contribution in [0.25, 0.3) is 0 Å². The highest BCUT2D eigenvalue weighted by Crippen LogP contribution is 2.19. The van der Waals surface area contributed by atoms with Crippen LogP contribution in [-0.4, -0.2) is 37.2 Å². The first-order valence-electron chi connectivity index (χ1n) is 7.49. The number of aryl methyl sites for hydroxylation is 1. The van der Waals surface area contributed by atoms with Gasteiger partial charge in [-0.3, -0.25) is 4.99 Å². The molecule has 3 nitrogen and oxygen atoms in total. The molecule has 0 aromatic heterocycles. The van der Waals surface area contributed by atoms with E-state index >= 15 is 0 Å². The second kappa shape index (κ2) is 8.66. The van der Waals surface area contributed by atoms with Crippen LogP contribution < -0.4 is 5.32 Å². The van der Waals surface area contributed by atoms with Crippen molar-refractivity contribution in [3.8, 4) is 0 Å². The number of hydrogen-bond acceptors (Lipinski definition) is 1. The van der Waals surface area contributed by atoms with Crippen molar-refractivity contribution >= 4 is 5.96 Å². The van der Waals surface area contributed by atoms with Gasteiger partial charge in [-0.25, -0.2) is 0 Å². The van der Waals surface area contributed by atoms with Gasteiger partial charge in [-0.2, -0.15) is 13.2 Å². The van der Waals surface area contributed by atoms with E-state index in [2.05, 4.69) is 29.4 Å². The number of nitrogens with one attached hydrogen (secondary N) is 1. The molecule has 0 radical (unpaired) electrons. The topological polar surface area (TPSA) is 27.6 Å². The monoisotopic (exact) mass is 315 g/mol. The van der Waals surface area contributed by atoms with Gasteiger partial charge in [-0.1, -0.05) is 31.2 Å². The molecule has 0 atom stereocenters. The van der Waals surface area contributed by atoms with E-state index in [0.29, 0.717) is 19.0 Å². The molecule has 1 aromatic carbocycles. The minimum atomic E-state index is -4.17. The highest BCUT2D eigenvalue weighted by molar-refractivity contribution is 5.79. The van der Waals surface area contributed by atoms with E-state index in [4.69, 9.17) is 0 Å². The van der Waals surface area contributed by atoms with Gasteiger partial charge in [0.15, 0.2) is 5.96 Å². The minimum Gasteiger partial charge on any atom is -0.357 e. The van der Waals surface area contributed by atoms with E-state index < -0.39 is 12.6 Å². The number of guanidine groups is 1. The third kappa shape index (κ3) is 6.83. The molecule has 0 saturated carbocycles. The molecule has 0 unspecified atom stereocenters. The van der Waals surface area contributed by atoms with Crippen LogP contribution in [0.3, 0.4) is 0 Å². The van der Waals surface area contributed by atoms with Gasteiger partial charge in [0.2, 0.25) is 0 Å². The summed E-state index contributed by atoms with van der Waals surface area (Å²) in [5.41, 5.74) is 2.36. The van der Waals surface area contributed by atoms with Crippen LogP contribution in [0.15, 0.2) is 29.3 Å². The van der Waals surface area contributed by atoms with Crippen molar-refractivity contribution in [2.75, 3.05) is 20.1 Å². The van der Waals surface area contributed by atoms with E-state index in [1.54, 1.807) is 0 Å².